The number of fused-ring (bicyclic) bond motifs is 1. The Kier molecular flexibility index (Phi) is 3.01. The first-order valence-electron chi connectivity index (χ1n) is 5.79. The Morgan fingerprint density at radius 3 is 2.88 bits per heavy atom. The predicted molar refractivity (Wildman–Crippen MR) is 64.4 cm³/mol. The molecule has 3 nitrogen and oxygen atoms in total. The molecule has 2 rings (SSSR count). The van der Waals surface area contributed by atoms with Gasteiger partial charge in [0.1, 0.15) is 5.75 Å². The van der Waals surface area contributed by atoms with Crippen molar-refractivity contribution in [2.24, 2.45) is 0 Å². The number of hydrogen-bond donors (Lipinski definition) is 0. The summed E-state index contributed by atoms with van der Waals surface area (Å²) in [6, 6.07) is 5.77. The Hall–Kier alpha value is -1.64. The lowest BCUT2D eigenvalue weighted by molar-refractivity contribution is -0.133. The van der Waals surface area contributed by atoms with Crippen LogP contribution in [0.5, 0.6) is 5.75 Å². The van der Waals surface area contributed by atoms with Crippen molar-refractivity contribution in [3.05, 3.63) is 29.3 Å². The molecule has 0 bridgehead atoms. The first-order chi connectivity index (χ1) is 8.11. The fourth-order valence-corrected chi connectivity index (χ4v) is 2.57. The largest absolute Gasteiger partial charge is 0.497 e. The van der Waals surface area contributed by atoms with Crippen molar-refractivity contribution >= 4 is 12.1 Å². The van der Waals surface area contributed by atoms with Crippen molar-refractivity contribution in [3.8, 4) is 5.75 Å². The van der Waals surface area contributed by atoms with Gasteiger partial charge in [-0.05, 0) is 49.4 Å². The number of carbonyl (C=O) groups excluding carboxylic acids is 2. The van der Waals surface area contributed by atoms with E-state index in [0.29, 0.717) is 6.29 Å². The van der Waals surface area contributed by atoms with E-state index >= 15 is 0 Å². The Bertz CT molecular complexity index is 465. The standard InChI is InChI=1S/C14H16O3/c1-14(13(16)9-15)7-3-4-10-5-6-11(17-2)8-12(10)14/h5-6,8-9H,3-4,7H2,1-2H3. The molecule has 0 saturated heterocycles. The molecule has 0 saturated carbocycles. The number of hydrogen-bond acceptors (Lipinski definition) is 3. The maximum Gasteiger partial charge on any atom is 0.205 e. The molecule has 0 amide bonds. The van der Waals surface area contributed by atoms with Gasteiger partial charge in [-0.1, -0.05) is 6.07 Å². The molecule has 0 heterocycles. The normalized spacial score (nSPS) is 22.7. The smallest absolute Gasteiger partial charge is 0.205 e. The van der Waals surface area contributed by atoms with E-state index in [1.165, 1.54) is 0 Å². The van der Waals surface area contributed by atoms with E-state index in [-0.39, 0.29) is 5.78 Å². The van der Waals surface area contributed by atoms with Gasteiger partial charge in [0.15, 0.2) is 6.29 Å². The summed E-state index contributed by atoms with van der Waals surface area (Å²) in [4.78, 5) is 22.6. The van der Waals surface area contributed by atoms with Crippen LogP contribution in [0.25, 0.3) is 0 Å². The number of Topliss-reactive ketones (excluding diaryl/α,β-unsaturated/α-hetero) is 1. The number of carbonyl (C=O) groups is 2. The fraction of sp³-hybridized carbons (Fsp3) is 0.429. The number of rotatable bonds is 3. The second kappa shape index (κ2) is 4.32. The third kappa shape index (κ3) is 1.86. The molecule has 1 aliphatic rings. The van der Waals surface area contributed by atoms with Gasteiger partial charge in [0, 0.05) is 0 Å². The Balaban J connectivity index is 2.55. The van der Waals surface area contributed by atoms with Crippen molar-refractivity contribution in [3.63, 3.8) is 0 Å². The maximum absolute atomic E-state index is 11.8. The zero-order valence-electron chi connectivity index (χ0n) is 10.2. The van der Waals surface area contributed by atoms with E-state index < -0.39 is 5.41 Å². The van der Waals surface area contributed by atoms with Gasteiger partial charge in [0.2, 0.25) is 5.78 Å². The number of aldehydes is 1. The summed E-state index contributed by atoms with van der Waals surface area (Å²) in [6.45, 7) is 1.85. The Labute approximate surface area is 101 Å². The number of benzene rings is 1. The minimum atomic E-state index is -0.677. The average Bonchev–Trinajstić information content (AvgIpc) is 2.37. The first kappa shape index (κ1) is 11.8. The SMILES string of the molecule is COc1ccc2c(c1)C(C)(C(=O)C=O)CCC2. The zero-order valence-corrected chi connectivity index (χ0v) is 10.2. The van der Waals surface area contributed by atoms with Gasteiger partial charge < -0.3 is 4.74 Å². The molecule has 0 fully saturated rings. The first-order valence-corrected chi connectivity index (χ1v) is 5.79. The van der Waals surface area contributed by atoms with Crippen LogP contribution in [0.15, 0.2) is 18.2 Å². The zero-order chi connectivity index (χ0) is 12.5. The lowest BCUT2D eigenvalue weighted by atomic mass is 9.69. The number of ether oxygens (including phenoxy) is 1. The van der Waals surface area contributed by atoms with Gasteiger partial charge in [0.05, 0.1) is 12.5 Å². The van der Waals surface area contributed by atoms with Crippen LogP contribution in [0.4, 0.5) is 0 Å². The van der Waals surface area contributed by atoms with Crippen LogP contribution in [0.1, 0.15) is 30.9 Å². The fourth-order valence-electron chi connectivity index (χ4n) is 2.57. The summed E-state index contributed by atoms with van der Waals surface area (Å²) >= 11 is 0. The van der Waals surface area contributed by atoms with Crippen LogP contribution >= 0.6 is 0 Å². The summed E-state index contributed by atoms with van der Waals surface area (Å²) in [5, 5.41) is 0. The summed E-state index contributed by atoms with van der Waals surface area (Å²) < 4.78 is 5.19. The summed E-state index contributed by atoms with van der Waals surface area (Å²) in [5.74, 6) is 0.391. The molecule has 0 spiro atoms. The van der Waals surface area contributed by atoms with Crippen LogP contribution in [-0.2, 0) is 21.4 Å². The van der Waals surface area contributed by atoms with Crippen LogP contribution in [0, 0.1) is 0 Å². The van der Waals surface area contributed by atoms with Gasteiger partial charge >= 0.3 is 0 Å². The minimum absolute atomic E-state index is 0.341. The maximum atomic E-state index is 11.8. The molecule has 0 aliphatic heterocycles. The minimum Gasteiger partial charge on any atom is -0.497 e. The predicted octanol–water partition coefficient (Wildman–Crippen LogP) is 2.06. The van der Waals surface area contributed by atoms with Crippen LogP contribution in [0.2, 0.25) is 0 Å². The average molecular weight is 232 g/mol. The molecule has 1 unspecified atom stereocenters. The molecule has 17 heavy (non-hydrogen) atoms. The van der Waals surface area contributed by atoms with Crippen molar-refractivity contribution in [2.75, 3.05) is 7.11 Å². The topological polar surface area (TPSA) is 43.4 Å². The molecule has 1 atom stereocenters. The molecule has 0 radical (unpaired) electrons. The molecule has 90 valence electrons. The highest BCUT2D eigenvalue weighted by molar-refractivity contribution is 6.29. The Morgan fingerprint density at radius 2 is 2.24 bits per heavy atom. The van der Waals surface area contributed by atoms with Crippen molar-refractivity contribution in [1.82, 2.24) is 0 Å². The second-order valence-corrected chi connectivity index (χ2v) is 4.69. The van der Waals surface area contributed by atoms with E-state index in [4.69, 9.17) is 4.74 Å². The van der Waals surface area contributed by atoms with Gasteiger partial charge in [-0.2, -0.15) is 0 Å². The van der Waals surface area contributed by atoms with Crippen LogP contribution in [0.3, 0.4) is 0 Å². The van der Waals surface area contributed by atoms with Gasteiger partial charge in [-0.25, -0.2) is 0 Å². The molecule has 1 aromatic rings. The van der Waals surface area contributed by atoms with Gasteiger partial charge in [-0.3, -0.25) is 9.59 Å². The highest BCUT2D eigenvalue weighted by Gasteiger charge is 2.38. The van der Waals surface area contributed by atoms with Crippen molar-refractivity contribution in [1.29, 1.82) is 0 Å². The van der Waals surface area contributed by atoms with Crippen LogP contribution < -0.4 is 4.74 Å². The van der Waals surface area contributed by atoms with Crippen molar-refractivity contribution < 1.29 is 14.3 Å². The third-order valence-electron chi connectivity index (χ3n) is 3.69. The number of ketones is 1. The Morgan fingerprint density at radius 1 is 1.47 bits per heavy atom. The lowest BCUT2D eigenvalue weighted by Gasteiger charge is -2.33. The van der Waals surface area contributed by atoms with E-state index in [2.05, 4.69) is 0 Å². The lowest BCUT2D eigenvalue weighted by Crippen LogP contribution is -2.37. The third-order valence-corrected chi connectivity index (χ3v) is 3.69. The second-order valence-electron chi connectivity index (χ2n) is 4.69. The van der Waals surface area contributed by atoms with E-state index in [0.717, 1.165) is 36.1 Å². The monoisotopic (exact) mass is 232 g/mol. The van der Waals surface area contributed by atoms with Gasteiger partial charge in [0.25, 0.3) is 0 Å². The molecular weight excluding hydrogens is 216 g/mol. The summed E-state index contributed by atoms with van der Waals surface area (Å²) in [6.07, 6.45) is 3.07. The number of methoxy groups -OCH3 is 1. The number of aryl methyl sites for hydroxylation is 1. The summed E-state index contributed by atoms with van der Waals surface area (Å²) in [5.41, 5.74) is 1.42. The summed E-state index contributed by atoms with van der Waals surface area (Å²) in [7, 11) is 1.60. The highest BCUT2D eigenvalue weighted by atomic mass is 16.5. The van der Waals surface area contributed by atoms with Crippen molar-refractivity contribution in [2.45, 2.75) is 31.6 Å². The molecular formula is C14H16O3. The molecule has 0 N–H and O–H groups in total. The quantitative estimate of drug-likeness (QED) is 0.591. The molecule has 0 aromatic heterocycles. The van der Waals surface area contributed by atoms with Gasteiger partial charge in [-0.15, -0.1) is 0 Å². The van der Waals surface area contributed by atoms with E-state index in [1.807, 2.05) is 25.1 Å². The van der Waals surface area contributed by atoms with Crippen LogP contribution in [-0.4, -0.2) is 19.2 Å². The van der Waals surface area contributed by atoms with E-state index in [1.54, 1.807) is 7.11 Å². The molecule has 3 heteroatoms. The molecule has 1 aromatic carbocycles. The molecule has 1 aliphatic carbocycles. The van der Waals surface area contributed by atoms with E-state index in [9.17, 15) is 9.59 Å². The highest BCUT2D eigenvalue weighted by Crippen LogP contribution is 2.39.